The molecule has 0 atom stereocenters. The van der Waals surface area contributed by atoms with Crippen LogP contribution in [0.1, 0.15) is 45.6 Å². The SMILES string of the molecule is CCNC(=NCCCc1ccc(OC)c(OCC)c1)N1CCC(OCC)CC1.I. The summed E-state index contributed by atoms with van der Waals surface area (Å²) in [7, 11) is 1.67. The molecule has 1 saturated heterocycles. The molecular weight excluding hydrogens is 481 g/mol. The number of rotatable bonds is 10. The van der Waals surface area contributed by atoms with E-state index < -0.39 is 0 Å². The molecule has 0 spiro atoms. The predicted octanol–water partition coefficient (Wildman–Crippen LogP) is 4.11. The van der Waals surface area contributed by atoms with Crippen molar-refractivity contribution in [3.63, 3.8) is 0 Å². The van der Waals surface area contributed by atoms with Gasteiger partial charge < -0.3 is 24.4 Å². The van der Waals surface area contributed by atoms with Crippen LogP contribution in [0.15, 0.2) is 23.2 Å². The van der Waals surface area contributed by atoms with Crippen molar-refractivity contribution in [2.75, 3.05) is 46.5 Å². The first-order valence-electron chi connectivity index (χ1n) is 10.7. The Labute approximate surface area is 193 Å². The van der Waals surface area contributed by atoms with Crippen LogP contribution in [0.3, 0.4) is 0 Å². The number of benzene rings is 1. The van der Waals surface area contributed by atoms with E-state index >= 15 is 0 Å². The highest BCUT2D eigenvalue weighted by atomic mass is 127. The van der Waals surface area contributed by atoms with Gasteiger partial charge in [0, 0.05) is 32.8 Å². The summed E-state index contributed by atoms with van der Waals surface area (Å²) in [5.41, 5.74) is 1.25. The molecule has 166 valence electrons. The van der Waals surface area contributed by atoms with Gasteiger partial charge in [0.15, 0.2) is 17.5 Å². The van der Waals surface area contributed by atoms with Gasteiger partial charge >= 0.3 is 0 Å². The Morgan fingerprint density at radius 1 is 1.14 bits per heavy atom. The van der Waals surface area contributed by atoms with E-state index in [1.807, 2.05) is 13.0 Å². The molecule has 29 heavy (non-hydrogen) atoms. The van der Waals surface area contributed by atoms with Crippen LogP contribution in [-0.4, -0.2) is 63.5 Å². The fourth-order valence-electron chi connectivity index (χ4n) is 3.51. The van der Waals surface area contributed by atoms with E-state index in [1.54, 1.807) is 7.11 Å². The van der Waals surface area contributed by atoms with E-state index in [1.165, 1.54) is 5.56 Å². The summed E-state index contributed by atoms with van der Waals surface area (Å²) in [6.07, 6.45) is 4.52. The number of nitrogens with one attached hydrogen (secondary N) is 1. The molecule has 1 heterocycles. The maximum atomic E-state index is 5.76. The number of aryl methyl sites for hydroxylation is 1. The number of hydrogen-bond donors (Lipinski definition) is 1. The standard InChI is InChI=1S/C22H37N3O3.HI/c1-5-23-22(25-15-12-19(13-16-25)27-6-2)24-14-8-9-18-10-11-20(26-4)21(17-18)28-7-3;/h10-11,17,19H,5-9,12-16H2,1-4H3,(H,23,24);1H. The van der Waals surface area contributed by atoms with Crippen LogP contribution in [0, 0.1) is 0 Å². The van der Waals surface area contributed by atoms with Crippen molar-refractivity contribution in [1.29, 1.82) is 0 Å². The highest BCUT2D eigenvalue weighted by Gasteiger charge is 2.21. The van der Waals surface area contributed by atoms with Gasteiger partial charge in [0.2, 0.25) is 0 Å². The van der Waals surface area contributed by atoms with Crippen molar-refractivity contribution in [2.24, 2.45) is 4.99 Å². The van der Waals surface area contributed by atoms with Crippen LogP contribution in [0.5, 0.6) is 11.5 Å². The summed E-state index contributed by atoms with van der Waals surface area (Å²) in [5.74, 6) is 2.63. The molecule has 1 fully saturated rings. The molecule has 0 bridgehead atoms. The minimum absolute atomic E-state index is 0. The Balaban J connectivity index is 0.00000420. The lowest BCUT2D eigenvalue weighted by molar-refractivity contribution is 0.0264. The number of likely N-dealkylation sites (tertiary alicyclic amines) is 1. The normalized spacial score (nSPS) is 15.0. The largest absolute Gasteiger partial charge is 0.493 e. The fourth-order valence-corrected chi connectivity index (χ4v) is 3.51. The van der Waals surface area contributed by atoms with E-state index in [0.717, 1.165) is 75.9 Å². The molecule has 0 amide bonds. The molecule has 0 radical (unpaired) electrons. The van der Waals surface area contributed by atoms with Gasteiger partial charge in [0.1, 0.15) is 0 Å². The molecule has 7 heteroatoms. The summed E-state index contributed by atoms with van der Waals surface area (Å²) in [6.45, 7) is 11.3. The van der Waals surface area contributed by atoms with Crippen LogP contribution in [0.2, 0.25) is 0 Å². The van der Waals surface area contributed by atoms with E-state index in [-0.39, 0.29) is 24.0 Å². The van der Waals surface area contributed by atoms with Gasteiger partial charge in [-0.2, -0.15) is 0 Å². The van der Waals surface area contributed by atoms with E-state index in [0.29, 0.717) is 12.7 Å². The third kappa shape index (κ3) is 8.58. The zero-order valence-corrected chi connectivity index (χ0v) is 20.7. The number of methoxy groups -OCH3 is 1. The summed E-state index contributed by atoms with van der Waals surface area (Å²) in [5, 5.41) is 3.44. The molecule has 0 unspecified atom stereocenters. The van der Waals surface area contributed by atoms with Crippen molar-refractivity contribution in [2.45, 2.75) is 52.6 Å². The van der Waals surface area contributed by atoms with Crippen molar-refractivity contribution in [3.05, 3.63) is 23.8 Å². The zero-order valence-electron chi connectivity index (χ0n) is 18.4. The quantitative estimate of drug-likeness (QED) is 0.218. The number of ether oxygens (including phenoxy) is 3. The number of aliphatic imine (C=N–C) groups is 1. The smallest absolute Gasteiger partial charge is 0.193 e. The van der Waals surface area contributed by atoms with E-state index in [2.05, 4.69) is 36.2 Å². The third-order valence-electron chi connectivity index (χ3n) is 4.89. The highest BCUT2D eigenvalue weighted by molar-refractivity contribution is 14.0. The van der Waals surface area contributed by atoms with Crippen molar-refractivity contribution >= 4 is 29.9 Å². The van der Waals surface area contributed by atoms with Gasteiger partial charge in [-0.05, 0) is 64.2 Å². The van der Waals surface area contributed by atoms with Crippen LogP contribution >= 0.6 is 24.0 Å². The molecular formula is C22H38IN3O3. The number of halogens is 1. The molecule has 1 N–H and O–H groups in total. The minimum atomic E-state index is 0. The van der Waals surface area contributed by atoms with E-state index in [4.69, 9.17) is 19.2 Å². The number of piperidine rings is 1. The molecule has 0 saturated carbocycles. The second kappa shape index (κ2) is 14.7. The Morgan fingerprint density at radius 3 is 2.52 bits per heavy atom. The summed E-state index contributed by atoms with van der Waals surface area (Å²) < 4.78 is 16.8. The van der Waals surface area contributed by atoms with Crippen LogP contribution < -0.4 is 14.8 Å². The fraction of sp³-hybridized carbons (Fsp3) is 0.682. The number of hydrogen-bond acceptors (Lipinski definition) is 4. The van der Waals surface area contributed by atoms with Gasteiger partial charge in [-0.25, -0.2) is 0 Å². The lowest BCUT2D eigenvalue weighted by Gasteiger charge is -2.34. The first-order chi connectivity index (χ1) is 13.7. The summed E-state index contributed by atoms with van der Waals surface area (Å²) in [4.78, 5) is 7.21. The average molecular weight is 519 g/mol. The first-order valence-corrected chi connectivity index (χ1v) is 10.7. The number of nitrogens with zero attached hydrogens (tertiary/aromatic N) is 2. The molecule has 1 aliphatic rings. The van der Waals surface area contributed by atoms with Gasteiger partial charge in [-0.3, -0.25) is 4.99 Å². The van der Waals surface area contributed by atoms with Crippen LogP contribution in [0.25, 0.3) is 0 Å². The topological polar surface area (TPSA) is 55.3 Å². The van der Waals surface area contributed by atoms with Gasteiger partial charge in [-0.1, -0.05) is 6.07 Å². The Bertz CT molecular complexity index is 605. The highest BCUT2D eigenvalue weighted by Crippen LogP contribution is 2.28. The van der Waals surface area contributed by atoms with Crippen molar-refractivity contribution < 1.29 is 14.2 Å². The maximum absolute atomic E-state index is 5.76. The molecule has 0 aromatic heterocycles. The lowest BCUT2D eigenvalue weighted by Crippen LogP contribution is -2.47. The lowest BCUT2D eigenvalue weighted by atomic mass is 10.1. The maximum Gasteiger partial charge on any atom is 0.193 e. The number of guanidine groups is 1. The Hall–Kier alpha value is -1.22. The first kappa shape index (κ1) is 25.8. The minimum Gasteiger partial charge on any atom is -0.493 e. The summed E-state index contributed by atoms with van der Waals surface area (Å²) in [6, 6.07) is 6.17. The van der Waals surface area contributed by atoms with Crippen molar-refractivity contribution in [1.82, 2.24) is 10.2 Å². The Kier molecular flexibility index (Phi) is 13.1. The molecule has 0 aliphatic carbocycles. The van der Waals surface area contributed by atoms with Crippen molar-refractivity contribution in [3.8, 4) is 11.5 Å². The molecule has 6 nitrogen and oxygen atoms in total. The molecule has 1 aliphatic heterocycles. The third-order valence-corrected chi connectivity index (χ3v) is 4.89. The Morgan fingerprint density at radius 2 is 1.90 bits per heavy atom. The molecule has 1 aromatic rings. The zero-order chi connectivity index (χ0) is 20.2. The second-order valence-electron chi connectivity index (χ2n) is 6.90. The van der Waals surface area contributed by atoms with Gasteiger partial charge in [-0.15, -0.1) is 24.0 Å². The molecule has 1 aromatic carbocycles. The monoisotopic (exact) mass is 519 g/mol. The molecule has 2 rings (SSSR count). The van der Waals surface area contributed by atoms with Crippen LogP contribution in [0.4, 0.5) is 0 Å². The predicted molar refractivity (Wildman–Crippen MR) is 130 cm³/mol. The van der Waals surface area contributed by atoms with Crippen LogP contribution in [-0.2, 0) is 11.2 Å². The van der Waals surface area contributed by atoms with Gasteiger partial charge in [0.05, 0.1) is 19.8 Å². The van der Waals surface area contributed by atoms with Gasteiger partial charge in [0.25, 0.3) is 0 Å². The second-order valence-corrected chi connectivity index (χ2v) is 6.90. The summed E-state index contributed by atoms with van der Waals surface area (Å²) >= 11 is 0. The average Bonchev–Trinajstić information content (AvgIpc) is 2.72. The van der Waals surface area contributed by atoms with E-state index in [9.17, 15) is 0 Å².